The Morgan fingerprint density at radius 3 is 2.24 bits per heavy atom. The molecule has 2 rings (SSSR count). The largest absolute Gasteiger partial charge is 0.220 e. The van der Waals surface area contributed by atoms with Crippen molar-refractivity contribution in [2.75, 3.05) is 0 Å². The zero-order chi connectivity index (χ0) is 12.5. The average molecular weight is 229 g/mol. The summed E-state index contributed by atoms with van der Waals surface area (Å²) in [6.07, 6.45) is 3.06. The quantitative estimate of drug-likeness (QED) is 0.792. The van der Waals surface area contributed by atoms with E-state index in [0.717, 1.165) is 17.8 Å². The first-order valence-electron chi connectivity index (χ1n) is 6.03. The summed E-state index contributed by atoms with van der Waals surface area (Å²) in [5, 5.41) is 8.39. The molecule has 17 heavy (non-hydrogen) atoms. The van der Waals surface area contributed by atoms with Crippen molar-refractivity contribution in [2.45, 2.75) is 39.5 Å². The van der Waals surface area contributed by atoms with E-state index in [1.807, 2.05) is 10.9 Å². The fourth-order valence-corrected chi connectivity index (χ4v) is 1.62. The lowest BCUT2D eigenvalue weighted by Crippen LogP contribution is -2.11. The number of aryl methyl sites for hydroxylation is 1. The maximum atomic E-state index is 4.22. The molecule has 0 saturated carbocycles. The van der Waals surface area contributed by atoms with Gasteiger partial charge in [0.15, 0.2) is 0 Å². The number of nitrogens with zero attached hydrogens (tertiary/aromatic N) is 3. The Labute approximate surface area is 102 Å². The van der Waals surface area contributed by atoms with Crippen molar-refractivity contribution < 1.29 is 0 Å². The van der Waals surface area contributed by atoms with Crippen molar-refractivity contribution in [3.8, 4) is 5.69 Å². The molecule has 0 aliphatic rings. The first kappa shape index (κ1) is 11.8. The van der Waals surface area contributed by atoms with Gasteiger partial charge in [-0.15, -0.1) is 5.10 Å². The second-order valence-corrected chi connectivity index (χ2v) is 5.32. The Morgan fingerprint density at radius 1 is 1.12 bits per heavy atom. The molecule has 0 radical (unpaired) electrons. The highest BCUT2D eigenvalue weighted by Gasteiger charge is 2.17. The molecule has 2 aromatic rings. The first-order valence-corrected chi connectivity index (χ1v) is 6.03. The van der Waals surface area contributed by atoms with Crippen LogP contribution in [0.2, 0.25) is 0 Å². The second-order valence-electron chi connectivity index (χ2n) is 5.32. The van der Waals surface area contributed by atoms with Crippen LogP contribution in [0.25, 0.3) is 5.69 Å². The minimum atomic E-state index is 0.0433. The van der Waals surface area contributed by atoms with Crippen LogP contribution in [-0.2, 0) is 11.8 Å². The molecule has 0 fully saturated rings. The normalized spacial score (nSPS) is 11.8. The molecule has 0 aliphatic heterocycles. The van der Waals surface area contributed by atoms with E-state index in [2.05, 4.69) is 62.3 Å². The van der Waals surface area contributed by atoms with Crippen molar-refractivity contribution in [1.29, 1.82) is 0 Å². The van der Waals surface area contributed by atoms with Gasteiger partial charge in [0.1, 0.15) is 0 Å². The summed E-state index contributed by atoms with van der Waals surface area (Å²) in [6.45, 7) is 8.58. The highest BCUT2D eigenvalue weighted by atomic mass is 15.4. The van der Waals surface area contributed by atoms with Crippen LogP contribution in [0.1, 0.15) is 39.0 Å². The van der Waals surface area contributed by atoms with Crippen molar-refractivity contribution in [3.63, 3.8) is 0 Å². The van der Waals surface area contributed by atoms with Gasteiger partial charge in [-0.3, -0.25) is 0 Å². The van der Waals surface area contributed by atoms with E-state index in [-0.39, 0.29) is 5.41 Å². The summed E-state index contributed by atoms with van der Waals surface area (Å²) in [4.78, 5) is 0. The predicted octanol–water partition coefficient (Wildman–Crippen LogP) is 3.13. The molecule has 0 amide bonds. The fraction of sp³-hybridized carbons (Fsp3) is 0.429. The molecule has 1 aromatic heterocycles. The lowest BCUT2D eigenvalue weighted by molar-refractivity contribution is 0.566. The number of aromatic nitrogens is 3. The molecule has 0 aliphatic carbocycles. The highest BCUT2D eigenvalue weighted by molar-refractivity contribution is 5.34. The molecule has 3 nitrogen and oxygen atoms in total. The summed E-state index contributed by atoms with van der Waals surface area (Å²) in [6, 6.07) is 8.43. The van der Waals surface area contributed by atoms with Gasteiger partial charge in [0.05, 0.1) is 17.6 Å². The molecule has 90 valence electrons. The molecule has 0 spiro atoms. The van der Waals surface area contributed by atoms with Gasteiger partial charge in [-0.05, 0) is 24.1 Å². The fourth-order valence-electron chi connectivity index (χ4n) is 1.62. The van der Waals surface area contributed by atoms with E-state index < -0.39 is 0 Å². The zero-order valence-electron chi connectivity index (χ0n) is 10.9. The minimum absolute atomic E-state index is 0.0433. The average Bonchev–Trinajstić information content (AvgIpc) is 2.78. The molecule has 0 atom stereocenters. The van der Waals surface area contributed by atoms with E-state index in [9.17, 15) is 0 Å². The molecule has 0 unspecified atom stereocenters. The molecule has 0 N–H and O–H groups in total. The van der Waals surface area contributed by atoms with Crippen LogP contribution in [0.15, 0.2) is 30.5 Å². The molecule has 0 saturated heterocycles. The molecule has 0 bridgehead atoms. The van der Waals surface area contributed by atoms with Crippen LogP contribution >= 0.6 is 0 Å². The van der Waals surface area contributed by atoms with E-state index in [1.54, 1.807) is 0 Å². The molecular formula is C14H19N3. The Hall–Kier alpha value is -1.64. The van der Waals surface area contributed by atoms with Crippen LogP contribution in [0.5, 0.6) is 0 Å². The van der Waals surface area contributed by atoms with E-state index in [1.165, 1.54) is 5.56 Å². The summed E-state index contributed by atoms with van der Waals surface area (Å²) in [5.74, 6) is 0. The highest BCUT2D eigenvalue weighted by Crippen LogP contribution is 2.20. The summed E-state index contributed by atoms with van der Waals surface area (Å²) in [5.41, 5.74) is 3.45. The smallest absolute Gasteiger partial charge is 0.0885 e. The maximum Gasteiger partial charge on any atom is 0.0885 e. The van der Waals surface area contributed by atoms with Crippen molar-refractivity contribution >= 4 is 0 Å². The first-order chi connectivity index (χ1) is 8.00. The van der Waals surface area contributed by atoms with Crippen LogP contribution in [0.3, 0.4) is 0 Å². The van der Waals surface area contributed by atoms with Crippen molar-refractivity contribution in [2.24, 2.45) is 0 Å². The van der Waals surface area contributed by atoms with E-state index in [0.29, 0.717) is 0 Å². The van der Waals surface area contributed by atoms with Crippen LogP contribution in [-0.4, -0.2) is 15.0 Å². The van der Waals surface area contributed by atoms with Crippen molar-refractivity contribution in [3.05, 3.63) is 41.7 Å². The molecule has 1 heterocycles. The van der Waals surface area contributed by atoms with Gasteiger partial charge in [-0.25, -0.2) is 4.68 Å². The lowest BCUT2D eigenvalue weighted by atomic mass is 9.93. The number of rotatable bonds is 2. The van der Waals surface area contributed by atoms with Gasteiger partial charge >= 0.3 is 0 Å². The van der Waals surface area contributed by atoms with Crippen LogP contribution in [0, 0.1) is 0 Å². The summed E-state index contributed by atoms with van der Waals surface area (Å²) in [7, 11) is 0. The Kier molecular flexibility index (Phi) is 3.01. The zero-order valence-corrected chi connectivity index (χ0v) is 10.9. The van der Waals surface area contributed by atoms with Gasteiger partial charge in [-0.2, -0.15) is 0 Å². The Morgan fingerprint density at radius 2 is 1.76 bits per heavy atom. The predicted molar refractivity (Wildman–Crippen MR) is 69.4 cm³/mol. The van der Waals surface area contributed by atoms with Gasteiger partial charge < -0.3 is 0 Å². The Balaban J connectivity index is 2.30. The number of benzene rings is 1. The molecule has 3 heteroatoms. The minimum Gasteiger partial charge on any atom is -0.220 e. The van der Waals surface area contributed by atoms with Gasteiger partial charge in [0.2, 0.25) is 0 Å². The van der Waals surface area contributed by atoms with Crippen LogP contribution < -0.4 is 0 Å². The lowest BCUT2D eigenvalue weighted by Gasteiger charge is -2.12. The third kappa shape index (κ3) is 2.54. The SMILES string of the molecule is CCc1ccc(-n2cc(C(C)(C)C)nn2)cc1. The number of hydrogen-bond acceptors (Lipinski definition) is 2. The monoisotopic (exact) mass is 229 g/mol. The maximum absolute atomic E-state index is 4.22. The van der Waals surface area contributed by atoms with Gasteiger partial charge in [0.25, 0.3) is 0 Å². The van der Waals surface area contributed by atoms with Crippen LogP contribution in [0.4, 0.5) is 0 Å². The van der Waals surface area contributed by atoms with E-state index in [4.69, 9.17) is 0 Å². The summed E-state index contributed by atoms with van der Waals surface area (Å²) < 4.78 is 1.83. The van der Waals surface area contributed by atoms with Gasteiger partial charge in [0, 0.05) is 5.41 Å². The third-order valence-corrected chi connectivity index (χ3v) is 2.87. The summed E-state index contributed by atoms with van der Waals surface area (Å²) >= 11 is 0. The third-order valence-electron chi connectivity index (χ3n) is 2.87. The van der Waals surface area contributed by atoms with Crippen molar-refractivity contribution in [1.82, 2.24) is 15.0 Å². The van der Waals surface area contributed by atoms with E-state index >= 15 is 0 Å². The number of hydrogen-bond donors (Lipinski definition) is 0. The van der Waals surface area contributed by atoms with Gasteiger partial charge in [-0.1, -0.05) is 45.0 Å². The standard InChI is InChI=1S/C14H19N3/c1-5-11-6-8-12(9-7-11)17-10-13(15-16-17)14(2,3)4/h6-10H,5H2,1-4H3. The Bertz CT molecular complexity index is 489. The second kappa shape index (κ2) is 4.32. The topological polar surface area (TPSA) is 30.7 Å². The molecule has 1 aromatic carbocycles. The molecular weight excluding hydrogens is 210 g/mol.